The summed E-state index contributed by atoms with van der Waals surface area (Å²) in [5.74, 6) is -0.495. The van der Waals surface area contributed by atoms with Gasteiger partial charge in [-0.1, -0.05) is 42.5 Å². The second-order valence-electron chi connectivity index (χ2n) is 5.66. The van der Waals surface area contributed by atoms with Gasteiger partial charge in [-0.15, -0.1) is 0 Å². The van der Waals surface area contributed by atoms with Crippen molar-refractivity contribution >= 4 is 5.91 Å². The SMILES string of the molecule is C[C@@H](NC(=O)c1cnn(Cc2ccccc2)c1)c1ccc(F)cc1. The maximum Gasteiger partial charge on any atom is 0.254 e. The van der Waals surface area contributed by atoms with Crippen LogP contribution in [0.25, 0.3) is 0 Å². The Bertz CT molecular complexity index is 812. The average Bonchev–Trinajstić information content (AvgIpc) is 3.05. The fourth-order valence-electron chi connectivity index (χ4n) is 2.45. The first-order chi connectivity index (χ1) is 11.6. The Hall–Kier alpha value is -2.95. The fraction of sp³-hybridized carbons (Fsp3) is 0.158. The van der Waals surface area contributed by atoms with E-state index >= 15 is 0 Å². The van der Waals surface area contributed by atoms with Crippen LogP contribution < -0.4 is 5.32 Å². The van der Waals surface area contributed by atoms with Gasteiger partial charge in [-0.05, 0) is 30.2 Å². The van der Waals surface area contributed by atoms with E-state index in [4.69, 9.17) is 0 Å². The van der Waals surface area contributed by atoms with Crippen LogP contribution in [0.4, 0.5) is 4.39 Å². The molecule has 0 saturated carbocycles. The first-order valence-corrected chi connectivity index (χ1v) is 7.74. The van der Waals surface area contributed by atoms with Crippen molar-refractivity contribution < 1.29 is 9.18 Å². The number of aromatic nitrogens is 2. The normalized spacial score (nSPS) is 11.9. The smallest absolute Gasteiger partial charge is 0.254 e. The van der Waals surface area contributed by atoms with Crippen LogP contribution in [0.15, 0.2) is 67.0 Å². The summed E-state index contributed by atoms with van der Waals surface area (Å²) >= 11 is 0. The number of carbonyl (C=O) groups excluding carboxylic acids is 1. The summed E-state index contributed by atoms with van der Waals surface area (Å²) in [5.41, 5.74) is 2.47. The average molecular weight is 323 g/mol. The molecule has 2 aromatic carbocycles. The Morgan fingerprint density at radius 2 is 1.88 bits per heavy atom. The third-order valence-electron chi connectivity index (χ3n) is 3.80. The van der Waals surface area contributed by atoms with Crippen molar-refractivity contribution in [2.24, 2.45) is 0 Å². The zero-order valence-electron chi connectivity index (χ0n) is 13.3. The van der Waals surface area contributed by atoms with Crippen molar-refractivity contribution in [3.05, 3.63) is 89.5 Å². The molecule has 3 rings (SSSR count). The van der Waals surface area contributed by atoms with Gasteiger partial charge >= 0.3 is 0 Å². The maximum absolute atomic E-state index is 13.0. The Morgan fingerprint density at radius 3 is 2.58 bits per heavy atom. The quantitative estimate of drug-likeness (QED) is 0.780. The highest BCUT2D eigenvalue weighted by molar-refractivity contribution is 5.93. The molecule has 0 saturated heterocycles. The largest absolute Gasteiger partial charge is 0.345 e. The van der Waals surface area contributed by atoms with Gasteiger partial charge < -0.3 is 5.32 Å². The lowest BCUT2D eigenvalue weighted by Gasteiger charge is -2.13. The van der Waals surface area contributed by atoms with Crippen LogP contribution in [-0.4, -0.2) is 15.7 Å². The molecule has 0 spiro atoms. The number of amides is 1. The van der Waals surface area contributed by atoms with E-state index in [9.17, 15) is 9.18 Å². The standard InChI is InChI=1S/C19H18FN3O/c1-14(16-7-9-18(20)10-8-16)22-19(24)17-11-21-23(13-17)12-15-5-3-2-4-6-15/h2-11,13-14H,12H2,1H3,(H,22,24)/t14-/m1/s1. The van der Waals surface area contributed by atoms with Gasteiger partial charge in [0.2, 0.25) is 0 Å². The van der Waals surface area contributed by atoms with Crippen LogP contribution in [0, 0.1) is 5.82 Å². The Balaban J connectivity index is 1.64. The zero-order chi connectivity index (χ0) is 16.9. The summed E-state index contributed by atoms with van der Waals surface area (Å²) < 4.78 is 14.7. The second kappa shape index (κ2) is 7.08. The molecule has 0 fully saturated rings. The molecule has 1 N–H and O–H groups in total. The van der Waals surface area contributed by atoms with Gasteiger partial charge in [-0.2, -0.15) is 5.10 Å². The van der Waals surface area contributed by atoms with Crippen molar-refractivity contribution in [3.8, 4) is 0 Å². The third-order valence-corrected chi connectivity index (χ3v) is 3.80. The monoisotopic (exact) mass is 323 g/mol. The highest BCUT2D eigenvalue weighted by Crippen LogP contribution is 2.14. The summed E-state index contributed by atoms with van der Waals surface area (Å²) in [5, 5.41) is 7.12. The van der Waals surface area contributed by atoms with Crippen molar-refractivity contribution in [2.75, 3.05) is 0 Å². The summed E-state index contributed by atoms with van der Waals surface area (Å²) in [6.07, 6.45) is 3.27. The number of halogens is 1. The van der Waals surface area contributed by atoms with Gasteiger partial charge in [-0.25, -0.2) is 4.39 Å². The molecule has 0 aliphatic rings. The van der Waals surface area contributed by atoms with Crippen molar-refractivity contribution in [1.29, 1.82) is 0 Å². The molecule has 1 amide bonds. The van der Waals surface area contributed by atoms with Gasteiger partial charge in [0, 0.05) is 6.20 Å². The zero-order valence-corrected chi connectivity index (χ0v) is 13.3. The first kappa shape index (κ1) is 15.9. The van der Waals surface area contributed by atoms with Crippen LogP contribution in [0.5, 0.6) is 0 Å². The Morgan fingerprint density at radius 1 is 1.17 bits per heavy atom. The molecule has 0 unspecified atom stereocenters. The lowest BCUT2D eigenvalue weighted by molar-refractivity contribution is 0.0940. The van der Waals surface area contributed by atoms with Gasteiger partial charge in [0.15, 0.2) is 0 Å². The molecule has 0 radical (unpaired) electrons. The number of hydrogen-bond acceptors (Lipinski definition) is 2. The highest BCUT2D eigenvalue weighted by atomic mass is 19.1. The van der Waals surface area contributed by atoms with E-state index in [1.54, 1.807) is 29.2 Å². The van der Waals surface area contributed by atoms with E-state index in [1.807, 2.05) is 37.3 Å². The van der Waals surface area contributed by atoms with E-state index < -0.39 is 0 Å². The topological polar surface area (TPSA) is 46.9 Å². The van der Waals surface area contributed by atoms with Gasteiger partial charge in [0.1, 0.15) is 5.82 Å². The number of carbonyl (C=O) groups is 1. The molecule has 0 aliphatic carbocycles. The highest BCUT2D eigenvalue weighted by Gasteiger charge is 2.13. The first-order valence-electron chi connectivity index (χ1n) is 7.74. The third kappa shape index (κ3) is 3.87. The minimum atomic E-state index is -0.292. The van der Waals surface area contributed by atoms with Crippen LogP contribution in [0.2, 0.25) is 0 Å². The number of nitrogens with one attached hydrogen (secondary N) is 1. The molecule has 5 heteroatoms. The maximum atomic E-state index is 13.0. The number of nitrogens with zero attached hydrogens (tertiary/aromatic N) is 2. The summed E-state index contributed by atoms with van der Waals surface area (Å²) in [6.45, 7) is 2.47. The van der Waals surface area contributed by atoms with Crippen LogP contribution >= 0.6 is 0 Å². The van der Waals surface area contributed by atoms with Gasteiger partial charge in [0.05, 0.1) is 24.3 Å². The Kier molecular flexibility index (Phi) is 4.70. The minimum Gasteiger partial charge on any atom is -0.345 e. The predicted octanol–water partition coefficient (Wildman–Crippen LogP) is 3.56. The molecular weight excluding hydrogens is 305 g/mol. The number of rotatable bonds is 5. The molecule has 1 heterocycles. The fourth-order valence-corrected chi connectivity index (χ4v) is 2.45. The summed E-state index contributed by atoms with van der Waals surface area (Å²) in [6, 6.07) is 15.8. The van der Waals surface area contributed by atoms with Crippen molar-refractivity contribution in [2.45, 2.75) is 19.5 Å². The number of benzene rings is 2. The molecule has 1 atom stereocenters. The van der Waals surface area contributed by atoms with Crippen LogP contribution in [0.3, 0.4) is 0 Å². The molecular formula is C19H18FN3O. The van der Waals surface area contributed by atoms with E-state index in [2.05, 4.69) is 10.4 Å². The predicted molar refractivity (Wildman–Crippen MR) is 90.1 cm³/mol. The summed E-state index contributed by atoms with van der Waals surface area (Å²) in [7, 11) is 0. The molecule has 0 bridgehead atoms. The minimum absolute atomic E-state index is 0.203. The van der Waals surface area contributed by atoms with E-state index in [1.165, 1.54) is 12.1 Å². The summed E-state index contributed by atoms with van der Waals surface area (Å²) in [4.78, 5) is 12.3. The molecule has 0 aliphatic heterocycles. The molecule has 122 valence electrons. The molecule has 1 aromatic heterocycles. The number of hydrogen-bond donors (Lipinski definition) is 1. The van der Waals surface area contributed by atoms with Gasteiger partial charge in [-0.3, -0.25) is 9.48 Å². The van der Waals surface area contributed by atoms with E-state index in [0.29, 0.717) is 12.1 Å². The Labute approximate surface area is 139 Å². The van der Waals surface area contributed by atoms with Crippen molar-refractivity contribution in [1.82, 2.24) is 15.1 Å². The molecule has 24 heavy (non-hydrogen) atoms. The lowest BCUT2D eigenvalue weighted by atomic mass is 10.1. The van der Waals surface area contributed by atoms with E-state index in [-0.39, 0.29) is 17.8 Å². The van der Waals surface area contributed by atoms with Gasteiger partial charge in [0.25, 0.3) is 5.91 Å². The molecule has 4 nitrogen and oxygen atoms in total. The molecule has 3 aromatic rings. The van der Waals surface area contributed by atoms with Crippen LogP contribution in [0.1, 0.15) is 34.5 Å². The van der Waals surface area contributed by atoms with E-state index in [0.717, 1.165) is 11.1 Å². The van der Waals surface area contributed by atoms with Crippen molar-refractivity contribution in [3.63, 3.8) is 0 Å². The lowest BCUT2D eigenvalue weighted by Crippen LogP contribution is -2.26. The second-order valence-corrected chi connectivity index (χ2v) is 5.66. The van der Waals surface area contributed by atoms with Crippen LogP contribution in [-0.2, 0) is 6.54 Å².